The van der Waals surface area contributed by atoms with E-state index in [-0.39, 0.29) is 12.5 Å². The summed E-state index contributed by atoms with van der Waals surface area (Å²) in [6.07, 6.45) is 4.81. The SMILES string of the molecule is CCC1CCCCN1CC(=O)NCCO. The monoisotopic (exact) mass is 214 g/mol. The van der Waals surface area contributed by atoms with E-state index in [9.17, 15) is 4.79 Å². The first-order chi connectivity index (χ1) is 7.27. The first-order valence-corrected chi connectivity index (χ1v) is 5.89. The van der Waals surface area contributed by atoms with Gasteiger partial charge < -0.3 is 10.4 Å². The molecule has 0 radical (unpaired) electrons. The van der Waals surface area contributed by atoms with E-state index >= 15 is 0 Å². The summed E-state index contributed by atoms with van der Waals surface area (Å²) in [4.78, 5) is 13.7. The summed E-state index contributed by atoms with van der Waals surface area (Å²) in [5.74, 6) is 0.0319. The van der Waals surface area contributed by atoms with Crippen molar-refractivity contribution in [2.45, 2.75) is 38.6 Å². The van der Waals surface area contributed by atoms with Gasteiger partial charge in [0.25, 0.3) is 0 Å². The summed E-state index contributed by atoms with van der Waals surface area (Å²) < 4.78 is 0. The smallest absolute Gasteiger partial charge is 0.234 e. The molecule has 15 heavy (non-hydrogen) atoms. The number of carbonyl (C=O) groups is 1. The lowest BCUT2D eigenvalue weighted by atomic mass is 10.0. The van der Waals surface area contributed by atoms with Crippen LogP contribution in [0.2, 0.25) is 0 Å². The molecular formula is C11H22N2O2. The predicted molar refractivity (Wildman–Crippen MR) is 59.6 cm³/mol. The first kappa shape index (κ1) is 12.5. The van der Waals surface area contributed by atoms with Gasteiger partial charge in [-0.3, -0.25) is 9.69 Å². The lowest BCUT2D eigenvalue weighted by molar-refractivity contribution is -0.123. The van der Waals surface area contributed by atoms with Crippen LogP contribution in [0.15, 0.2) is 0 Å². The van der Waals surface area contributed by atoms with Crippen LogP contribution in [-0.4, -0.2) is 48.2 Å². The Kier molecular flexibility index (Phi) is 5.65. The predicted octanol–water partition coefficient (Wildman–Crippen LogP) is 0.359. The molecule has 1 amide bonds. The highest BCUT2D eigenvalue weighted by atomic mass is 16.3. The normalized spacial score (nSPS) is 22.7. The van der Waals surface area contributed by atoms with E-state index in [1.54, 1.807) is 0 Å². The number of aliphatic hydroxyl groups excluding tert-OH is 1. The van der Waals surface area contributed by atoms with Crippen LogP contribution < -0.4 is 5.32 Å². The maximum atomic E-state index is 11.5. The molecule has 1 heterocycles. The number of piperidine rings is 1. The minimum absolute atomic E-state index is 0.0168. The van der Waals surface area contributed by atoms with Crippen molar-refractivity contribution in [3.05, 3.63) is 0 Å². The van der Waals surface area contributed by atoms with Crippen LogP contribution >= 0.6 is 0 Å². The largest absolute Gasteiger partial charge is 0.395 e. The van der Waals surface area contributed by atoms with E-state index in [0.29, 0.717) is 19.1 Å². The van der Waals surface area contributed by atoms with Crippen molar-refractivity contribution in [2.24, 2.45) is 0 Å². The number of rotatable bonds is 5. The molecule has 0 saturated carbocycles. The van der Waals surface area contributed by atoms with Crippen molar-refractivity contribution >= 4 is 5.91 Å². The average molecular weight is 214 g/mol. The molecular weight excluding hydrogens is 192 g/mol. The standard InChI is InChI=1S/C11H22N2O2/c1-2-10-5-3-4-7-13(10)9-11(15)12-6-8-14/h10,14H,2-9H2,1H3,(H,12,15). The van der Waals surface area contributed by atoms with E-state index < -0.39 is 0 Å². The molecule has 0 spiro atoms. The third kappa shape index (κ3) is 4.18. The molecule has 1 atom stereocenters. The molecule has 0 aromatic carbocycles. The molecule has 2 N–H and O–H groups in total. The Labute approximate surface area is 91.6 Å². The van der Waals surface area contributed by atoms with Gasteiger partial charge in [0, 0.05) is 12.6 Å². The van der Waals surface area contributed by atoms with Crippen molar-refractivity contribution in [1.82, 2.24) is 10.2 Å². The molecule has 1 rings (SSSR count). The maximum absolute atomic E-state index is 11.5. The molecule has 88 valence electrons. The molecule has 0 bridgehead atoms. The van der Waals surface area contributed by atoms with Crippen LogP contribution in [-0.2, 0) is 4.79 Å². The lowest BCUT2D eigenvalue weighted by Gasteiger charge is -2.34. The first-order valence-electron chi connectivity index (χ1n) is 5.89. The second-order valence-electron chi connectivity index (χ2n) is 4.10. The van der Waals surface area contributed by atoms with Crippen LogP contribution in [0, 0.1) is 0 Å². The zero-order valence-electron chi connectivity index (χ0n) is 9.54. The van der Waals surface area contributed by atoms with E-state index in [2.05, 4.69) is 17.1 Å². The fourth-order valence-corrected chi connectivity index (χ4v) is 2.17. The fourth-order valence-electron chi connectivity index (χ4n) is 2.17. The van der Waals surface area contributed by atoms with Gasteiger partial charge in [-0.05, 0) is 25.8 Å². The van der Waals surface area contributed by atoms with Gasteiger partial charge in [0.2, 0.25) is 5.91 Å². The number of aliphatic hydroxyl groups is 1. The van der Waals surface area contributed by atoms with Crippen molar-refractivity contribution in [1.29, 1.82) is 0 Å². The lowest BCUT2D eigenvalue weighted by Crippen LogP contribution is -2.45. The second kappa shape index (κ2) is 6.80. The van der Waals surface area contributed by atoms with Gasteiger partial charge in [-0.1, -0.05) is 13.3 Å². The van der Waals surface area contributed by atoms with Gasteiger partial charge >= 0.3 is 0 Å². The highest BCUT2D eigenvalue weighted by Gasteiger charge is 2.22. The molecule has 1 aliphatic rings. The van der Waals surface area contributed by atoms with Gasteiger partial charge in [0.1, 0.15) is 0 Å². The van der Waals surface area contributed by atoms with Gasteiger partial charge in [0.15, 0.2) is 0 Å². The zero-order valence-corrected chi connectivity index (χ0v) is 9.54. The highest BCUT2D eigenvalue weighted by Crippen LogP contribution is 2.18. The maximum Gasteiger partial charge on any atom is 0.234 e. The number of likely N-dealkylation sites (tertiary alicyclic amines) is 1. The van der Waals surface area contributed by atoms with Crippen LogP contribution in [0.1, 0.15) is 32.6 Å². The van der Waals surface area contributed by atoms with E-state index in [0.717, 1.165) is 13.0 Å². The molecule has 4 nitrogen and oxygen atoms in total. The quantitative estimate of drug-likeness (QED) is 0.695. The number of hydrogen-bond acceptors (Lipinski definition) is 3. The second-order valence-corrected chi connectivity index (χ2v) is 4.10. The van der Waals surface area contributed by atoms with Crippen molar-refractivity contribution in [3.63, 3.8) is 0 Å². The average Bonchev–Trinajstić information content (AvgIpc) is 2.27. The number of carbonyl (C=O) groups excluding carboxylic acids is 1. The minimum Gasteiger partial charge on any atom is -0.395 e. The summed E-state index contributed by atoms with van der Waals surface area (Å²) in [6.45, 7) is 4.07. The molecule has 1 aliphatic heterocycles. The minimum atomic E-state index is 0.0168. The Hall–Kier alpha value is -0.610. The third-order valence-corrected chi connectivity index (χ3v) is 3.00. The number of nitrogens with zero attached hydrogens (tertiary/aromatic N) is 1. The fraction of sp³-hybridized carbons (Fsp3) is 0.909. The third-order valence-electron chi connectivity index (χ3n) is 3.00. The van der Waals surface area contributed by atoms with Crippen molar-refractivity contribution in [2.75, 3.05) is 26.2 Å². The molecule has 1 unspecified atom stereocenters. The van der Waals surface area contributed by atoms with Crippen LogP contribution in [0.4, 0.5) is 0 Å². The molecule has 0 aromatic rings. The number of hydrogen-bond donors (Lipinski definition) is 2. The summed E-state index contributed by atoms with van der Waals surface area (Å²) in [5.41, 5.74) is 0. The van der Waals surface area contributed by atoms with Crippen LogP contribution in [0.25, 0.3) is 0 Å². The van der Waals surface area contributed by atoms with Crippen molar-refractivity contribution in [3.8, 4) is 0 Å². The number of nitrogens with one attached hydrogen (secondary N) is 1. The summed E-state index contributed by atoms with van der Waals surface area (Å²) in [7, 11) is 0. The Morgan fingerprint density at radius 3 is 3.00 bits per heavy atom. The van der Waals surface area contributed by atoms with E-state index in [1.165, 1.54) is 19.3 Å². The number of amides is 1. The summed E-state index contributed by atoms with van der Waals surface area (Å²) in [6, 6.07) is 0.568. The van der Waals surface area contributed by atoms with Crippen molar-refractivity contribution < 1.29 is 9.90 Å². The van der Waals surface area contributed by atoms with E-state index in [4.69, 9.17) is 5.11 Å². The molecule has 0 aromatic heterocycles. The Morgan fingerprint density at radius 2 is 2.33 bits per heavy atom. The van der Waals surface area contributed by atoms with Gasteiger partial charge in [-0.2, -0.15) is 0 Å². The Balaban J connectivity index is 2.30. The van der Waals surface area contributed by atoms with Gasteiger partial charge in [-0.15, -0.1) is 0 Å². The molecule has 4 heteroatoms. The van der Waals surface area contributed by atoms with E-state index in [1.807, 2.05) is 0 Å². The van der Waals surface area contributed by atoms with Crippen LogP contribution in [0.3, 0.4) is 0 Å². The van der Waals surface area contributed by atoms with Gasteiger partial charge in [0.05, 0.1) is 13.2 Å². The Bertz CT molecular complexity index is 197. The highest BCUT2D eigenvalue weighted by molar-refractivity contribution is 5.78. The molecule has 0 aliphatic carbocycles. The molecule has 1 fully saturated rings. The molecule has 1 saturated heterocycles. The Morgan fingerprint density at radius 1 is 1.53 bits per heavy atom. The summed E-state index contributed by atoms with van der Waals surface area (Å²) >= 11 is 0. The summed E-state index contributed by atoms with van der Waals surface area (Å²) in [5, 5.41) is 11.3. The van der Waals surface area contributed by atoms with Gasteiger partial charge in [-0.25, -0.2) is 0 Å². The zero-order chi connectivity index (χ0) is 11.1. The topological polar surface area (TPSA) is 52.6 Å². The van der Waals surface area contributed by atoms with Crippen LogP contribution in [0.5, 0.6) is 0 Å².